The third kappa shape index (κ3) is 2.00. The first-order valence-corrected chi connectivity index (χ1v) is 10.4. The fourth-order valence-corrected chi connectivity index (χ4v) is 8.21. The van der Waals surface area contributed by atoms with Crippen molar-refractivity contribution in [3.8, 4) is 11.1 Å². The van der Waals surface area contributed by atoms with Crippen LogP contribution in [0.2, 0.25) is 0 Å². The monoisotopic (exact) mass is 353 g/mol. The Kier molecular flexibility index (Phi) is 3.41. The Balaban J connectivity index is 1.98. The maximum absolute atomic E-state index is 6.16. The van der Waals surface area contributed by atoms with Gasteiger partial charge in [-0.25, -0.2) is 0 Å². The van der Waals surface area contributed by atoms with E-state index in [2.05, 4.69) is 97.1 Å². The Labute approximate surface area is 155 Å². The molecular weight excluding hydrogens is 334 g/mol. The summed E-state index contributed by atoms with van der Waals surface area (Å²) in [5, 5.41) is 0. The number of benzene rings is 4. The van der Waals surface area contributed by atoms with E-state index in [1.54, 1.807) is 0 Å². The van der Waals surface area contributed by atoms with Crippen molar-refractivity contribution in [3.05, 3.63) is 103 Å². The molecule has 1 nitrogen and oxygen atoms in total. The Hall–Kier alpha value is -2.97. The lowest BCUT2D eigenvalue weighted by Crippen LogP contribution is -2.01. The van der Waals surface area contributed by atoms with Crippen LogP contribution in [-0.4, -0.2) is 0 Å². The molecule has 4 aromatic rings. The van der Waals surface area contributed by atoms with Crippen LogP contribution in [0.15, 0.2) is 123 Å². The second-order valence-corrected chi connectivity index (χ2v) is 9.54. The van der Waals surface area contributed by atoms with E-state index in [9.17, 15) is 0 Å². The highest BCUT2D eigenvalue weighted by atomic mass is 32.3. The van der Waals surface area contributed by atoms with Crippen molar-refractivity contribution < 1.29 is 0 Å². The predicted molar refractivity (Wildman–Crippen MR) is 110 cm³/mol. The molecule has 0 unspecified atom stereocenters. The van der Waals surface area contributed by atoms with Crippen molar-refractivity contribution >= 4 is 15.7 Å². The van der Waals surface area contributed by atoms with Gasteiger partial charge in [0.1, 0.15) is 0 Å². The molecule has 5 rings (SSSR count). The van der Waals surface area contributed by atoms with E-state index in [0.717, 1.165) is 5.69 Å². The summed E-state index contributed by atoms with van der Waals surface area (Å²) in [5.74, 6) is 0. The first-order chi connectivity index (χ1) is 12.8. The molecular formula is C24H19NS. The highest BCUT2D eigenvalue weighted by Gasteiger charge is 2.41. The van der Waals surface area contributed by atoms with E-state index >= 15 is 0 Å². The topological polar surface area (TPSA) is 26.0 Å². The first-order valence-electron chi connectivity index (χ1n) is 8.74. The van der Waals surface area contributed by atoms with E-state index in [4.69, 9.17) is 5.73 Å². The molecule has 0 radical (unpaired) electrons. The van der Waals surface area contributed by atoms with Crippen molar-refractivity contribution in [2.75, 3.05) is 5.73 Å². The minimum atomic E-state index is -1.51. The smallest absolute Gasteiger partial charge is 0.0321 e. The van der Waals surface area contributed by atoms with Crippen LogP contribution in [0.1, 0.15) is 0 Å². The molecule has 2 heteroatoms. The Bertz CT molecular complexity index is 1050. The first kappa shape index (κ1) is 15.3. The summed E-state index contributed by atoms with van der Waals surface area (Å²) in [6.45, 7) is 0. The number of anilines is 1. The fraction of sp³-hybridized carbons (Fsp3) is 0. The molecule has 4 aromatic carbocycles. The summed E-state index contributed by atoms with van der Waals surface area (Å²) in [7, 11) is -1.51. The van der Waals surface area contributed by atoms with Crippen LogP contribution in [0.4, 0.5) is 5.69 Å². The standard InChI is InChI=1S/C24H19NS/c25-18-15-16-24-22(17-18)21-13-7-8-14-23(21)26(24,19-9-3-1-4-10-19)20-11-5-2-6-12-20/h1-17H,25H2. The lowest BCUT2D eigenvalue weighted by atomic mass is 10.1. The molecule has 1 aliphatic rings. The van der Waals surface area contributed by atoms with Gasteiger partial charge in [0, 0.05) is 25.3 Å². The van der Waals surface area contributed by atoms with E-state index in [1.165, 1.54) is 30.7 Å². The molecule has 0 saturated carbocycles. The lowest BCUT2D eigenvalue weighted by Gasteiger charge is -2.39. The molecule has 2 N–H and O–H groups in total. The highest BCUT2D eigenvalue weighted by molar-refractivity contribution is 8.34. The Morgan fingerprint density at radius 1 is 0.500 bits per heavy atom. The molecule has 126 valence electrons. The zero-order valence-electron chi connectivity index (χ0n) is 14.3. The van der Waals surface area contributed by atoms with Crippen molar-refractivity contribution in [1.82, 2.24) is 0 Å². The number of hydrogen-bond acceptors (Lipinski definition) is 1. The Morgan fingerprint density at radius 3 is 1.69 bits per heavy atom. The van der Waals surface area contributed by atoms with Gasteiger partial charge in [-0.3, -0.25) is 0 Å². The quantitative estimate of drug-likeness (QED) is 0.356. The lowest BCUT2D eigenvalue weighted by molar-refractivity contribution is 1.29. The number of hydrogen-bond donors (Lipinski definition) is 1. The van der Waals surface area contributed by atoms with Gasteiger partial charge < -0.3 is 5.73 Å². The normalized spacial score (nSPS) is 15.1. The molecule has 0 aliphatic carbocycles. The van der Waals surface area contributed by atoms with E-state index < -0.39 is 10.0 Å². The van der Waals surface area contributed by atoms with Gasteiger partial charge in [-0.05, 0) is 59.7 Å². The molecule has 0 amide bonds. The van der Waals surface area contributed by atoms with Gasteiger partial charge in [0.2, 0.25) is 0 Å². The summed E-state index contributed by atoms with van der Waals surface area (Å²) in [6.07, 6.45) is 0. The number of rotatable bonds is 2. The van der Waals surface area contributed by atoms with Crippen molar-refractivity contribution in [1.29, 1.82) is 0 Å². The van der Waals surface area contributed by atoms with Crippen LogP contribution in [0.3, 0.4) is 0 Å². The Morgan fingerprint density at radius 2 is 1.04 bits per heavy atom. The average molecular weight is 353 g/mol. The largest absolute Gasteiger partial charge is 0.399 e. The van der Waals surface area contributed by atoms with E-state index in [-0.39, 0.29) is 0 Å². The number of fused-ring (bicyclic) bond motifs is 3. The molecule has 0 bridgehead atoms. The zero-order valence-corrected chi connectivity index (χ0v) is 15.1. The third-order valence-corrected chi connectivity index (χ3v) is 9.02. The summed E-state index contributed by atoms with van der Waals surface area (Å²) >= 11 is 0. The second kappa shape index (κ2) is 5.79. The SMILES string of the molecule is Nc1ccc2c(c1)-c1ccccc1S2(c1ccccc1)c1ccccc1. The molecule has 1 heterocycles. The van der Waals surface area contributed by atoms with Crippen LogP contribution in [0.25, 0.3) is 11.1 Å². The fourth-order valence-electron chi connectivity index (χ4n) is 3.99. The zero-order chi connectivity index (χ0) is 17.6. The van der Waals surface area contributed by atoms with Crippen LogP contribution in [0, 0.1) is 0 Å². The molecule has 0 saturated heterocycles. The molecule has 0 spiro atoms. The van der Waals surface area contributed by atoms with Crippen molar-refractivity contribution in [2.45, 2.75) is 19.6 Å². The van der Waals surface area contributed by atoms with Gasteiger partial charge in [0.15, 0.2) is 0 Å². The maximum Gasteiger partial charge on any atom is 0.0321 e. The van der Waals surface area contributed by atoms with Gasteiger partial charge >= 0.3 is 0 Å². The summed E-state index contributed by atoms with van der Waals surface area (Å²) in [4.78, 5) is 5.51. The van der Waals surface area contributed by atoms with Crippen molar-refractivity contribution in [3.63, 3.8) is 0 Å². The van der Waals surface area contributed by atoms with Gasteiger partial charge in [-0.1, -0.05) is 54.6 Å². The van der Waals surface area contributed by atoms with E-state index in [0.29, 0.717) is 0 Å². The van der Waals surface area contributed by atoms with Crippen molar-refractivity contribution in [2.24, 2.45) is 0 Å². The van der Waals surface area contributed by atoms with Crippen LogP contribution in [0.5, 0.6) is 0 Å². The molecule has 0 aromatic heterocycles. The van der Waals surface area contributed by atoms with E-state index in [1.807, 2.05) is 6.07 Å². The van der Waals surface area contributed by atoms with Gasteiger partial charge in [-0.15, -0.1) is 10.0 Å². The maximum atomic E-state index is 6.16. The average Bonchev–Trinajstić information content (AvgIpc) is 3.00. The minimum Gasteiger partial charge on any atom is -0.399 e. The second-order valence-electron chi connectivity index (χ2n) is 6.49. The number of nitrogens with two attached hydrogens (primary N) is 1. The highest BCUT2D eigenvalue weighted by Crippen LogP contribution is 2.79. The van der Waals surface area contributed by atoms with Crippen LogP contribution >= 0.6 is 10.0 Å². The third-order valence-electron chi connectivity index (χ3n) is 5.03. The summed E-state index contributed by atoms with van der Waals surface area (Å²) < 4.78 is 0. The van der Waals surface area contributed by atoms with Crippen LogP contribution in [-0.2, 0) is 0 Å². The number of nitrogen functional groups attached to an aromatic ring is 1. The van der Waals surface area contributed by atoms with Gasteiger partial charge in [0.25, 0.3) is 0 Å². The summed E-state index contributed by atoms with van der Waals surface area (Å²) in [5.41, 5.74) is 9.55. The molecule has 26 heavy (non-hydrogen) atoms. The van der Waals surface area contributed by atoms with Gasteiger partial charge in [0.05, 0.1) is 0 Å². The molecule has 0 fully saturated rings. The minimum absolute atomic E-state index is 0.815. The molecule has 1 aliphatic heterocycles. The summed E-state index contributed by atoms with van der Waals surface area (Å²) in [6, 6.07) is 37.0. The predicted octanol–water partition coefficient (Wildman–Crippen LogP) is 6.59. The van der Waals surface area contributed by atoms with Crippen LogP contribution < -0.4 is 5.73 Å². The van der Waals surface area contributed by atoms with Gasteiger partial charge in [-0.2, -0.15) is 0 Å². The molecule has 0 atom stereocenters.